The maximum Gasteiger partial charge on any atom is 0.207 e. The normalized spacial score (nSPS) is 10.5. The largest absolute Gasteiger partial charge is 0.287 e. The predicted molar refractivity (Wildman–Crippen MR) is 81.3 cm³/mol. The molecule has 0 aliphatic heterocycles. The molecule has 0 radical (unpaired) electrons. The zero-order valence-electron chi connectivity index (χ0n) is 11.0. The van der Waals surface area contributed by atoms with E-state index in [9.17, 15) is 4.79 Å². The minimum absolute atomic E-state index is 0.104. The minimum atomic E-state index is -0.104. The van der Waals surface area contributed by atoms with E-state index in [2.05, 4.69) is 5.10 Å². The Morgan fingerprint density at radius 3 is 2.81 bits per heavy atom. The Bertz CT molecular complexity index is 925. The van der Waals surface area contributed by atoms with Crippen molar-refractivity contribution >= 4 is 22.5 Å². The first-order chi connectivity index (χ1) is 10.2. The molecule has 0 saturated heterocycles. The lowest BCUT2D eigenvalue weighted by Gasteiger charge is -2.10. The highest BCUT2D eigenvalue weighted by Gasteiger charge is 2.07. The first-order valence-corrected chi connectivity index (χ1v) is 6.70. The molecule has 2 aromatic carbocycles. The Hall–Kier alpha value is -2.64. The van der Waals surface area contributed by atoms with E-state index in [1.54, 1.807) is 28.9 Å². The van der Waals surface area contributed by atoms with Crippen LogP contribution in [-0.2, 0) is 6.54 Å². The molecule has 0 amide bonds. The molecule has 0 fully saturated rings. The lowest BCUT2D eigenvalue weighted by Crippen LogP contribution is -2.13. The molecule has 3 rings (SSSR count). The fraction of sp³-hybridized carbons (Fsp3) is 0.0625. The molecule has 1 heterocycles. The molecule has 0 aliphatic carbocycles. The zero-order chi connectivity index (χ0) is 14.8. The van der Waals surface area contributed by atoms with Gasteiger partial charge in [0.25, 0.3) is 0 Å². The van der Waals surface area contributed by atoms with Crippen LogP contribution in [0.2, 0.25) is 5.02 Å². The highest BCUT2D eigenvalue weighted by Crippen LogP contribution is 2.19. The Balaban J connectivity index is 2.09. The van der Waals surface area contributed by atoms with E-state index in [-0.39, 0.29) is 5.43 Å². The number of para-hydroxylation sites is 1. The second-order valence-corrected chi connectivity index (χ2v) is 5.01. The third kappa shape index (κ3) is 2.51. The van der Waals surface area contributed by atoms with Crippen LogP contribution in [0.25, 0.3) is 10.9 Å². The Kier molecular flexibility index (Phi) is 3.43. The number of nitrogens with zero attached hydrogens (tertiary/aromatic N) is 3. The van der Waals surface area contributed by atoms with Gasteiger partial charge in [-0.15, -0.1) is 0 Å². The number of halogens is 1. The van der Waals surface area contributed by atoms with Gasteiger partial charge in [-0.25, -0.2) is 0 Å². The van der Waals surface area contributed by atoms with E-state index < -0.39 is 0 Å². The van der Waals surface area contributed by atoms with E-state index in [0.29, 0.717) is 22.5 Å². The molecule has 0 aliphatic rings. The van der Waals surface area contributed by atoms with Gasteiger partial charge >= 0.3 is 0 Å². The SMILES string of the molecule is N#Cc1ccc(Cn2ncc(=O)c3ccccc32)c(Cl)c1. The molecule has 0 atom stereocenters. The van der Waals surface area contributed by atoms with Gasteiger partial charge in [0.05, 0.1) is 29.9 Å². The highest BCUT2D eigenvalue weighted by atomic mass is 35.5. The number of hydrogen-bond acceptors (Lipinski definition) is 3. The topological polar surface area (TPSA) is 58.7 Å². The van der Waals surface area contributed by atoms with Crippen LogP contribution in [0.1, 0.15) is 11.1 Å². The van der Waals surface area contributed by atoms with E-state index >= 15 is 0 Å². The summed E-state index contributed by atoms with van der Waals surface area (Å²) >= 11 is 6.19. The van der Waals surface area contributed by atoms with Crippen molar-refractivity contribution in [2.24, 2.45) is 0 Å². The number of hydrogen-bond donors (Lipinski definition) is 0. The van der Waals surface area contributed by atoms with Crippen molar-refractivity contribution in [3.63, 3.8) is 0 Å². The molecule has 5 heteroatoms. The summed E-state index contributed by atoms with van der Waals surface area (Å²) in [5, 5.41) is 14.2. The highest BCUT2D eigenvalue weighted by molar-refractivity contribution is 6.31. The molecule has 0 unspecified atom stereocenters. The standard InChI is InChI=1S/C16H10ClN3O/c17-14-7-11(8-18)5-6-12(14)10-20-15-4-2-1-3-13(15)16(21)9-19-20/h1-7,9H,10H2. The zero-order valence-corrected chi connectivity index (χ0v) is 11.7. The smallest absolute Gasteiger partial charge is 0.207 e. The molecule has 0 saturated carbocycles. The van der Waals surface area contributed by atoms with Crippen molar-refractivity contribution < 1.29 is 0 Å². The van der Waals surface area contributed by atoms with Gasteiger partial charge < -0.3 is 0 Å². The number of benzene rings is 2. The van der Waals surface area contributed by atoms with Gasteiger partial charge in [0.1, 0.15) is 0 Å². The third-order valence-corrected chi connectivity index (χ3v) is 3.62. The Morgan fingerprint density at radius 1 is 1.24 bits per heavy atom. The second kappa shape index (κ2) is 5.39. The molecule has 4 nitrogen and oxygen atoms in total. The van der Waals surface area contributed by atoms with Gasteiger partial charge in [-0.05, 0) is 29.8 Å². The number of aromatic nitrogens is 2. The molecule has 0 spiro atoms. The van der Waals surface area contributed by atoms with Crippen molar-refractivity contribution in [2.45, 2.75) is 6.54 Å². The van der Waals surface area contributed by atoms with Gasteiger partial charge in [0, 0.05) is 10.4 Å². The molecule has 1 aromatic heterocycles. The van der Waals surface area contributed by atoms with Crippen molar-refractivity contribution in [3.05, 3.63) is 75.0 Å². The van der Waals surface area contributed by atoms with Gasteiger partial charge in [0.15, 0.2) is 0 Å². The van der Waals surface area contributed by atoms with Crippen LogP contribution in [0.5, 0.6) is 0 Å². The summed E-state index contributed by atoms with van der Waals surface area (Å²) < 4.78 is 1.73. The molecule has 0 N–H and O–H groups in total. The molecular formula is C16H10ClN3O. The fourth-order valence-electron chi connectivity index (χ4n) is 2.19. The maximum atomic E-state index is 11.8. The molecule has 102 valence electrons. The van der Waals surface area contributed by atoms with Gasteiger partial charge in [-0.3, -0.25) is 9.48 Å². The van der Waals surface area contributed by atoms with E-state index in [0.717, 1.165) is 11.1 Å². The summed E-state index contributed by atoms with van der Waals surface area (Å²) in [4.78, 5) is 11.8. The van der Waals surface area contributed by atoms with Crippen LogP contribution < -0.4 is 5.43 Å². The van der Waals surface area contributed by atoms with Crippen LogP contribution in [0.15, 0.2) is 53.5 Å². The second-order valence-electron chi connectivity index (χ2n) is 4.60. The number of nitriles is 1. The first kappa shape index (κ1) is 13.3. The summed E-state index contributed by atoms with van der Waals surface area (Å²) in [5.41, 5.74) is 2.01. The van der Waals surface area contributed by atoms with Crippen molar-refractivity contribution in [1.82, 2.24) is 9.78 Å². The summed E-state index contributed by atoms with van der Waals surface area (Å²) in [5.74, 6) is 0. The van der Waals surface area contributed by atoms with Crippen molar-refractivity contribution in [2.75, 3.05) is 0 Å². The average Bonchev–Trinajstić information content (AvgIpc) is 2.52. The molecule has 3 aromatic rings. The van der Waals surface area contributed by atoms with Crippen LogP contribution >= 0.6 is 11.6 Å². The molecule has 21 heavy (non-hydrogen) atoms. The monoisotopic (exact) mass is 295 g/mol. The quantitative estimate of drug-likeness (QED) is 0.730. The summed E-state index contributed by atoms with van der Waals surface area (Å²) in [6.45, 7) is 0.436. The van der Waals surface area contributed by atoms with Crippen molar-refractivity contribution in [3.8, 4) is 6.07 Å². The molecule has 0 bridgehead atoms. The van der Waals surface area contributed by atoms with E-state index in [4.69, 9.17) is 16.9 Å². The van der Waals surface area contributed by atoms with Gasteiger partial charge in [-0.2, -0.15) is 10.4 Å². The van der Waals surface area contributed by atoms with Crippen LogP contribution in [0.4, 0.5) is 0 Å². The molecular weight excluding hydrogens is 286 g/mol. The maximum absolute atomic E-state index is 11.8. The Labute approximate surface area is 125 Å². The van der Waals surface area contributed by atoms with Crippen molar-refractivity contribution in [1.29, 1.82) is 5.26 Å². The minimum Gasteiger partial charge on any atom is -0.287 e. The van der Waals surface area contributed by atoms with Crippen LogP contribution in [0, 0.1) is 11.3 Å². The van der Waals surface area contributed by atoms with Crippen LogP contribution in [-0.4, -0.2) is 9.78 Å². The average molecular weight is 296 g/mol. The number of rotatable bonds is 2. The van der Waals surface area contributed by atoms with E-state index in [1.165, 1.54) is 6.20 Å². The Morgan fingerprint density at radius 2 is 2.05 bits per heavy atom. The van der Waals surface area contributed by atoms with E-state index in [1.807, 2.05) is 24.3 Å². The third-order valence-electron chi connectivity index (χ3n) is 3.26. The lowest BCUT2D eigenvalue weighted by molar-refractivity contribution is 0.695. The fourth-order valence-corrected chi connectivity index (χ4v) is 2.43. The number of fused-ring (bicyclic) bond motifs is 1. The van der Waals surface area contributed by atoms with Crippen LogP contribution in [0.3, 0.4) is 0 Å². The predicted octanol–water partition coefficient (Wildman–Crippen LogP) is 2.97. The summed E-state index contributed by atoms with van der Waals surface area (Å²) in [6.07, 6.45) is 1.31. The lowest BCUT2D eigenvalue weighted by atomic mass is 10.1. The summed E-state index contributed by atoms with van der Waals surface area (Å²) in [6, 6.07) is 14.5. The first-order valence-electron chi connectivity index (χ1n) is 6.32. The summed E-state index contributed by atoms with van der Waals surface area (Å²) in [7, 11) is 0. The van der Waals surface area contributed by atoms with Gasteiger partial charge in [-0.1, -0.05) is 29.8 Å². The van der Waals surface area contributed by atoms with Gasteiger partial charge in [0.2, 0.25) is 5.43 Å².